The fraction of sp³-hybridized carbons (Fsp3) is 1.00. The highest BCUT2D eigenvalue weighted by Crippen LogP contribution is 2.20. The van der Waals surface area contributed by atoms with Crippen LogP contribution in [0.25, 0.3) is 0 Å². The maximum Gasteiger partial charge on any atom is 0.279 e. The van der Waals surface area contributed by atoms with Crippen molar-refractivity contribution in [3.05, 3.63) is 20.2 Å². The van der Waals surface area contributed by atoms with Crippen molar-refractivity contribution in [3.63, 3.8) is 0 Å². The Bertz CT molecular complexity index is 255. The number of hydrogen-bond acceptors (Lipinski definition) is 4. The van der Waals surface area contributed by atoms with Crippen molar-refractivity contribution in [2.45, 2.75) is 76.3 Å². The summed E-state index contributed by atoms with van der Waals surface area (Å²) >= 11 is 0. The molecule has 6 heteroatoms. The molecule has 1 aliphatic carbocycles. The first-order valence-corrected chi connectivity index (χ1v) is 6.90. The lowest BCUT2D eigenvalue weighted by Crippen LogP contribution is -2.39. The maximum atomic E-state index is 11.0. The summed E-state index contributed by atoms with van der Waals surface area (Å²) in [5, 5.41) is 22.0. The largest absolute Gasteiger partial charge is 0.279 e. The van der Waals surface area contributed by atoms with Gasteiger partial charge in [-0.3, -0.25) is 20.2 Å². The third kappa shape index (κ3) is 4.98. The molecule has 0 bridgehead atoms. The van der Waals surface area contributed by atoms with Gasteiger partial charge in [-0.2, -0.15) is 0 Å². The van der Waals surface area contributed by atoms with Crippen LogP contribution in [0.5, 0.6) is 0 Å². The van der Waals surface area contributed by atoms with E-state index in [1.807, 2.05) is 0 Å². The molecule has 2 atom stereocenters. The van der Waals surface area contributed by atoms with Crippen LogP contribution >= 0.6 is 0 Å². The molecular weight excluding hydrogens is 236 g/mol. The van der Waals surface area contributed by atoms with E-state index in [-0.39, 0.29) is 0 Å². The maximum absolute atomic E-state index is 11.0. The molecule has 18 heavy (non-hydrogen) atoms. The molecule has 0 radical (unpaired) electrons. The Morgan fingerprint density at radius 3 is 1.17 bits per heavy atom. The van der Waals surface area contributed by atoms with Crippen LogP contribution in [-0.4, -0.2) is 21.9 Å². The van der Waals surface area contributed by atoms with Crippen molar-refractivity contribution >= 4 is 0 Å². The Morgan fingerprint density at radius 2 is 0.889 bits per heavy atom. The first-order chi connectivity index (χ1) is 8.63. The molecule has 0 N–H and O–H groups in total. The standard InChI is InChI=1S/C12H22N2O4/c15-13(16)11-9-7-5-3-1-2-4-6-8-10-12(11)14(17)18/h11-12H,1-10H2. The molecule has 1 aliphatic rings. The van der Waals surface area contributed by atoms with E-state index in [9.17, 15) is 20.2 Å². The molecule has 0 aromatic rings. The summed E-state index contributed by atoms with van der Waals surface area (Å²) in [4.78, 5) is 21.1. The second-order valence-corrected chi connectivity index (χ2v) is 5.11. The van der Waals surface area contributed by atoms with Crippen LogP contribution in [0, 0.1) is 20.2 Å². The number of nitrogens with zero attached hydrogens (tertiary/aromatic N) is 2. The molecule has 1 rings (SSSR count). The van der Waals surface area contributed by atoms with Crippen LogP contribution in [0.3, 0.4) is 0 Å². The summed E-state index contributed by atoms with van der Waals surface area (Å²) in [5.74, 6) is 0. The van der Waals surface area contributed by atoms with Crippen molar-refractivity contribution in [1.82, 2.24) is 0 Å². The van der Waals surface area contributed by atoms with Gasteiger partial charge in [0, 0.05) is 22.7 Å². The number of rotatable bonds is 2. The van der Waals surface area contributed by atoms with Gasteiger partial charge >= 0.3 is 0 Å². The van der Waals surface area contributed by atoms with Crippen LogP contribution in [0.15, 0.2) is 0 Å². The monoisotopic (exact) mass is 258 g/mol. The van der Waals surface area contributed by atoms with Gasteiger partial charge in [0.2, 0.25) is 0 Å². The Labute approximate surface area is 107 Å². The lowest BCUT2D eigenvalue weighted by molar-refractivity contribution is -0.618. The summed E-state index contributed by atoms with van der Waals surface area (Å²) in [6, 6.07) is -2.00. The van der Waals surface area contributed by atoms with Gasteiger partial charge in [0.15, 0.2) is 0 Å². The smallest absolute Gasteiger partial charge is 0.264 e. The zero-order chi connectivity index (χ0) is 13.4. The molecule has 0 aromatic heterocycles. The van der Waals surface area contributed by atoms with E-state index in [0.29, 0.717) is 12.8 Å². The minimum Gasteiger partial charge on any atom is -0.264 e. The average molecular weight is 258 g/mol. The van der Waals surface area contributed by atoms with Crippen LogP contribution in [-0.2, 0) is 0 Å². The third-order valence-corrected chi connectivity index (χ3v) is 3.74. The van der Waals surface area contributed by atoms with E-state index in [1.165, 1.54) is 12.8 Å². The number of nitro groups is 2. The lowest BCUT2D eigenvalue weighted by Gasteiger charge is -2.15. The quantitative estimate of drug-likeness (QED) is 0.562. The van der Waals surface area contributed by atoms with Gasteiger partial charge in [-0.1, -0.05) is 38.5 Å². The molecule has 0 saturated heterocycles. The second kappa shape index (κ2) is 8.00. The van der Waals surface area contributed by atoms with Gasteiger partial charge in [-0.05, 0) is 12.8 Å². The molecule has 0 amide bonds. The summed E-state index contributed by atoms with van der Waals surface area (Å²) in [7, 11) is 0. The molecular formula is C12H22N2O4. The topological polar surface area (TPSA) is 86.3 Å². The predicted octanol–water partition coefficient (Wildman–Crippen LogP) is 3.19. The Morgan fingerprint density at radius 1 is 0.611 bits per heavy atom. The molecule has 6 nitrogen and oxygen atoms in total. The van der Waals surface area contributed by atoms with Crippen LogP contribution in [0.1, 0.15) is 64.2 Å². The van der Waals surface area contributed by atoms with Crippen molar-refractivity contribution in [2.24, 2.45) is 0 Å². The first kappa shape index (κ1) is 14.9. The highest BCUT2D eigenvalue weighted by atomic mass is 16.6. The fourth-order valence-corrected chi connectivity index (χ4v) is 2.64. The lowest BCUT2D eigenvalue weighted by atomic mass is 9.95. The average Bonchev–Trinajstić information content (AvgIpc) is 2.28. The summed E-state index contributed by atoms with van der Waals surface area (Å²) in [5.41, 5.74) is 0. The molecule has 1 saturated carbocycles. The van der Waals surface area contributed by atoms with Crippen LogP contribution < -0.4 is 0 Å². The van der Waals surface area contributed by atoms with E-state index in [0.717, 1.165) is 38.5 Å². The van der Waals surface area contributed by atoms with Crippen molar-refractivity contribution < 1.29 is 9.85 Å². The molecule has 104 valence electrons. The van der Waals surface area contributed by atoms with E-state index < -0.39 is 21.9 Å². The first-order valence-electron chi connectivity index (χ1n) is 6.90. The number of hydrogen-bond donors (Lipinski definition) is 0. The Kier molecular flexibility index (Phi) is 6.60. The van der Waals surface area contributed by atoms with E-state index in [4.69, 9.17) is 0 Å². The van der Waals surface area contributed by atoms with Gasteiger partial charge in [0.05, 0.1) is 0 Å². The van der Waals surface area contributed by atoms with Gasteiger partial charge in [-0.15, -0.1) is 0 Å². The van der Waals surface area contributed by atoms with Gasteiger partial charge in [-0.25, -0.2) is 0 Å². The summed E-state index contributed by atoms with van der Waals surface area (Å²) in [6.45, 7) is 0. The fourth-order valence-electron chi connectivity index (χ4n) is 2.64. The Balaban J connectivity index is 2.64. The Hall–Kier alpha value is -1.20. The molecule has 1 fully saturated rings. The summed E-state index contributed by atoms with van der Waals surface area (Å²) < 4.78 is 0. The second-order valence-electron chi connectivity index (χ2n) is 5.11. The molecule has 0 heterocycles. The highest BCUT2D eigenvalue weighted by molar-refractivity contribution is 4.70. The SMILES string of the molecule is O=[N+]([O-])C1CCCCCCCCCCC1[N+](=O)[O-]. The van der Waals surface area contributed by atoms with Gasteiger partial charge in [0.1, 0.15) is 0 Å². The molecule has 0 aromatic carbocycles. The van der Waals surface area contributed by atoms with Gasteiger partial charge < -0.3 is 0 Å². The molecule has 0 aliphatic heterocycles. The minimum absolute atomic E-state index is 0.346. The van der Waals surface area contributed by atoms with E-state index >= 15 is 0 Å². The minimum atomic E-state index is -1.00. The van der Waals surface area contributed by atoms with Crippen molar-refractivity contribution in [1.29, 1.82) is 0 Å². The summed E-state index contributed by atoms with van der Waals surface area (Å²) in [6.07, 6.45) is 8.61. The van der Waals surface area contributed by atoms with Crippen LogP contribution in [0.2, 0.25) is 0 Å². The normalized spacial score (nSPS) is 27.8. The van der Waals surface area contributed by atoms with E-state index in [1.54, 1.807) is 0 Å². The predicted molar refractivity (Wildman–Crippen MR) is 67.7 cm³/mol. The van der Waals surface area contributed by atoms with Crippen molar-refractivity contribution in [2.75, 3.05) is 0 Å². The molecule has 0 spiro atoms. The third-order valence-electron chi connectivity index (χ3n) is 3.74. The zero-order valence-electron chi connectivity index (χ0n) is 10.8. The van der Waals surface area contributed by atoms with Crippen molar-refractivity contribution in [3.8, 4) is 0 Å². The van der Waals surface area contributed by atoms with E-state index in [2.05, 4.69) is 0 Å². The zero-order valence-corrected chi connectivity index (χ0v) is 10.8. The van der Waals surface area contributed by atoms with Gasteiger partial charge in [0.25, 0.3) is 12.1 Å². The highest BCUT2D eigenvalue weighted by Gasteiger charge is 2.39. The van der Waals surface area contributed by atoms with Crippen LogP contribution in [0.4, 0.5) is 0 Å². The molecule has 2 unspecified atom stereocenters.